The van der Waals surface area contributed by atoms with Gasteiger partial charge in [0.05, 0.1) is 19.9 Å². The number of methoxy groups -OCH3 is 2. The van der Waals surface area contributed by atoms with Crippen LogP contribution in [0.4, 0.5) is 0 Å². The molecular weight excluding hydrogens is 252 g/mol. The molecule has 106 valence electrons. The Bertz CT molecular complexity index is 543. The fraction of sp³-hybridized carbons (Fsp3) is 0.312. The van der Waals surface area contributed by atoms with E-state index >= 15 is 0 Å². The monoisotopic (exact) mass is 272 g/mol. The molecule has 0 fully saturated rings. The molecule has 0 bridgehead atoms. The van der Waals surface area contributed by atoms with Crippen LogP contribution in [0.2, 0.25) is 0 Å². The number of pyridine rings is 1. The standard InChI is InChI=1S/C16H20N2O2/c1-12(15-6-4-5-9-17-15)18-11-13-10-14(19-2)7-8-16(13)20-3/h4-10,12,18H,11H2,1-3H3/t12-/m0/s1. The van der Waals surface area contributed by atoms with Gasteiger partial charge >= 0.3 is 0 Å². The van der Waals surface area contributed by atoms with E-state index in [0.717, 1.165) is 22.8 Å². The third-order valence-corrected chi connectivity index (χ3v) is 3.22. The first-order valence-corrected chi connectivity index (χ1v) is 6.60. The van der Waals surface area contributed by atoms with Gasteiger partial charge < -0.3 is 14.8 Å². The molecule has 2 rings (SSSR count). The maximum absolute atomic E-state index is 5.37. The number of benzene rings is 1. The van der Waals surface area contributed by atoms with Crippen LogP contribution in [0, 0.1) is 0 Å². The smallest absolute Gasteiger partial charge is 0.123 e. The van der Waals surface area contributed by atoms with Crippen molar-refractivity contribution in [2.75, 3.05) is 14.2 Å². The van der Waals surface area contributed by atoms with Crippen molar-refractivity contribution >= 4 is 0 Å². The summed E-state index contributed by atoms with van der Waals surface area (Å²) in [7, 11) is 3.34. The summed E-state index contributed by atoms with van der Waals surface area (Å²) in [4.78, 5) is 4.35. The van der Waals surface area contributed by atoms with Crippen LogP contribution in [-0.2, 0) is 6.54 Å². The molecular formula is C16H20N2O2. The van der Waals surface area contributed by atoms with E-state index in [1.165, 1.54) is 0 Å². The van der Waals surface area contributed by atoms with Gasteiger partial charge in [0.1, 0.15) is 11.5 Å². The fourth-order valence-corrected chi connectivity index (χ4v) is 2.02. The number of nitrogens with one attached hydrogen (secondary N) is 1. The first kappa shape index (κ1) is 14.3. The molecule has 0 aliphatic carbocycles. The van der Waals surface area contributed by atoms with Gasteiger partial charge in [0.25, 0.3) is 0 Å². The Hall–Kier alpha value is -2.07. The van der Waals surface area contributed by atoms with Crippen molar-refractivity contribution in [3.63, 3.8) is 0 Å². The van der Waals surface area contributed by atoms with E-state index in [9.17, 15) is 0 Å². The minimum absolute atomic E-state index is 0.173. The Morgan fingerprint density at radius 1 is 1.15 bits per heavy atom. The van der Waals surface area contributed by atoms with Crippen LogP contribution in [0.25, 0.3) is 0 Å². The highest BCUT2D eigenvalue weighted by molar-refractivity contribution is 5.40. The zero-order chi connectivity index (χ0) is 14.4. The molecule has 1 aromatic carbocycles. The van der Waals surface area contributed by atoms with Gasteiger partial charge in [-0.1, -0.05) is 6.07 Å². The van der Waals surface area contributed by atoms with E-state index in [1.807, 2.05) is 36.4 Å². The molecule has 4 nitrogen and oxygen atoms in total. The van der Waals surface area contributed by atoms with E-state index in [2.05, 4.69) is 17.2 Å². The molecule has 0 amide bonds. The first-order valence-electron chi connectivity index (χ1n) is 6.60. The summed E-state index contributed by atoms with van der Waals surface area (Å²) in [5.74, 6) is 1.68. The van der Waals surface area contributed by atoms with Crippen LogP contribution in [0.15, 0.2) is 42.6 Å². The molecule has 0 unspecified atom stereocenters. The Morgan fingerprint density at radius 2 is 2.00 bits per heavy atom. The summed E-state index contributed by atoms with van der Waals surface area (Å²) >= 11 is 0. The summed E-state index contributed by atoms with van der Waals surface area (Å²) < 4.78 is 10.6. The molecule has 2 aromatic rings. The van der Waals surface area contributed by atoms with Crippen LogP contribution < -0.4 is 14.8 Å². The topological polar surface area (TPSA) is 43.4 Å². The molecule has 0 aliphatic rings. The maximum Gasteiger partial charge on any atom is 0.123 e. The molecule has 0 aliphatic heterocycles. The lowest BCUT2D eigenvalue weighted by Gasteiger charge is -2.15. The van der Waals surface area contributed by atoms with Gasteiger partial charge in [-0.25, -0.2) is 0 Å². The average molecular weight is 272 g/mol. The fourth-order valence-electron chi connectivity index (χ4n) is 2.02. The Balaban J connectivity index is 2.06. The number of nitrogens with zero attached hydrogens (tertiary/aromatic N) is 1. The lowest BCUT2D eigenvalue weighted by atomic mass is 10.1. The lowest BCUT2D eigenvalue weighted by molar-refractivity contribution is 0.395. The molecule has 1 N–H and O–H groups in total. The lowest BCUT2D eigenvalue weighted by Crippen LogP contribution is -2.19. The maximum atomic E-state index is 5.37. The highest BCUT2D eigenvalue weighted by atomic mass is 16.5. The molecule has 0 saturated carbocycles. The van der Waals surface area contributed by atoms with Crippen molar-refractivity contribution in [3.05, 3.63) is 53.9 Å². The highest BCUT2D eigenvalue weighted by Gasteiger charge is 2.09. The second-order valence-electron chi connectivity index (χ2n) is 4.53. The molecule has 1 aromatic heterocycles. The van der Waals surface area contributed by atoms with Crippen molar-refractivity contribution < 1.29 is 9.47 Å². The molecule has 20 heavy (non-hydrogen) atoms. The van der Waals surface area contributed by atoms with E-state index in [-0.39, 0.29) is 6.04 Å². The summed E-state index contributed by atoms with van der Waals surface area (Å²) in [6.07, 6.45) is 1.81. The highest BCUT2D eigenvalue weighted by Crippen LogP contribution is 2.24. The summed E-state index contributed by atoms with van der Waals surface area (Å²) in [5, 5.41) is 3.44. The predicted octanol–water partition coefficient (Wildman–Crippen LogP) is 2.95. The molecule has 1 heterocycles. The molecule has 1 atom stereocenters. The van der Waals surface area contributed by atoms with Gasteiger partial charge in [-0.3, -0.25) is 4.98 Å². The Labute approximate surface area is 119 Å². The second kappa shape index (κ2) is 6.91. The van der Waals surface area contributed by atoms with E-state index < -0.39 is 0 Å². The molecule has 0 saturated heterocycles. The average Bonchev–Trinajstić information content (AvgIpc) is 2.53. The normalized spacial score (nSPS) is 11.9. The van der Waals surface area contributed by atoms with Gasteiger partial charge in [0.2, 0.25) is 0 Å². The minimum Gasteiger partial charge on any atom is -0.497 e. The summed E-state index contributed by atoms with van der Waals surface area (Å²) in [6.45, 7) is 2.78. The van der Waals surface area contributed by atoms with Crippen LogP contribution in [-0.4, -0.2) is 19.2 Å². The van der Waals surface area contributed by atoms with Crippen LogP contribution in [0.5, 0.6) is 11.5 Å². The van der Waals surface area contributed by atoms with E-state index in [4.69, 9.17) is 9.47 Å². The third kappa shape index (κ3) is 3.48. The van der Waals surface area contributed by atoms with Gasteiger partial charge in [-0.05, 0) is 37.3 Å². The molecule has 0 radical (unpaired) electrons. The first-order chi connectivity index (χ1) is 9.74. The van der Waals surface area contributed by atoms with Gasteiger partial charge in [-0.2, -0.15) is 0 Å². The zero-order valence-corrected chi connectivity index (χ0v) is 12.1. The van der Waals surface area contributed by atoms with Gasteiger partial charge in [-0.15, -0.1) is 0 Å². The van der Waals surface area contributed by atoms with Crippen molar-refractivity contribution in [2.45, 2.75) is 19.5 Å². The minimum atomic E-state index is 0.173. The van der Waals surface area contributed by atoms with E-state index in [1.54, 1.807) is 20.4 Å². The number of ether oxygens (including phenoxy) is 2. The number of aromatic nitrogens is 1. The number of rotatable bonds is 6. The SMILES string of the molecule is COc1ccc(OC)c(CN[C@@H](C)c2ccccn2)c1. The van der Waals surface area contributed by atoms with Crippen molar-refractivity contribution in [3.8, 4) is 11.5 Å². The Kier molecular flexibility index (Phi) is 4.96. The largest absolute Gasteiger partial charge is 0.497 e. The third-order valence-electron chi connectivity index (χ3n) is 3.22. The Morgan fingerprint density at radius 3 is 2.65 bits per heavy atom. The van der Waals surface area contributed by atoms with Crippen LogP contribution >= 0.6 is 0 Å². The number of hydrogen-bond donors (Lipinski definition) is 1. The van der Waals surface area contributed by atoms with Gasteiger partial charge in [0, 0.05) is 24.3 Å². The van der Waals surface area contributed by atoms with Gasteiger partial charge in [0.15, 0.2) is 0 Å². The second-order valence-corrected chi connectivity index (χ2v) is 4.53. The number of hydrogen-bond acceptors (Lipinski definition) is 4. The molecule has 0 spiro atoms. The van der Waals surface area contributed by atoms with Crippen molar-refractivity contribution in [1.82, 2.24) is 10.3 Å². The van der Waals surface area contributed by atoms with Crippen molar-refractivity contribution in [2.24, 2.45) is 0 Å². The summed E-state index contributed by atoms with van der Waals surface area (Å²) in [6, 6.07) is 11.9. The van der Waals surface area contributed by atoms with Crippen LogP contribution in [0.1, 0.15) is 24.2 Å². The zero-order valence-electron chi connectivity index (χ0n) is 12.1. The quantitative estimate of drug-likeness (QED) is 0.878. The van der Waals surface area contributed by atoms with E-state index in [0.29, 0.717) is 6.54 Å². The van der Waals surface area contributed by atoms with Crippen molar-refractivity contribution in [1.29, 1.82) is 0 Å². The summed E-state index contributed by atoms with van der Waals surface area (Å²) in [5.41, 5.74) is 2.09. The predicted molar refractivity (Wildman–Crippen MR) is 79.0 cm³/mol. The van der Waals surface area contributed by atoms with Crippen LogP contribution in [0.3, 0.4) is 0 Å². The molecule has 4 heteroatoms.